The zero-order valence-electron chi connectivity index (χ0n) is 17.4. The number of rotatable bonds is 11. The number of ketones is 1. The Bertz CT molecular complexity index is 826. The summed E-state index contributed by atoms with van der Waals surface area (Å²) in [5.41, 5.74) is 0.358. The van der Waals surface area contributed by atoms with Crippen molar-refractivity contribution in [3.05, 3.63) is 64.5 Å². The molecule has 2 aromatic rings. The summed E-state index contributed by atoms with van der Waals surface area (Å²) in [7, 11) is 0. The summed E-state index contributed by atoms with van der Waals surface area (Å²) in [5, 5.41) is 0. The summed E-state index contributed by atoms with van der Waals surface area (Å²) in [6.07, 6.45) is 0.151. The minimum atomic E-state index is -4.96. The third-order valence-corrected chi connectivity index (χ3v) is 4.98. The fourth-order valence-electron chi connectivity index (χ4n) is 3.37. The van der Waals surface area contributed by atoms with Crippen LogP contribution >= 0.6 is 0 Å². The van der Waals surface area contributed by atoms with Gasteiger partial charge in [-0.2, -0.15) is 13.2 Å². The van der Waals surface area contributed by atoms with E-state index >= 15 is 0 Å². The van der Waals surface area contributed by atoms with Crippen LogP contribution in [0.4, 0.5) is 17.6 Å². The molecule has 0 aromatic heterocycles. The molecule has 0 saturated carbocycles. The van der Waals surface area contributed by atoms with Gasteiger partial charge in [0.15, 0.2) is 17.3 Å². The number of ether oxygens (including phenoxy) is 1. The average molecular weight is 424 g/mol. The standard InChI is InChI=1S/C24H28F4O2/c1-3-30-21-16-15-19(22(23(21)25)24(26,27)28)20(29)10-8-6-4-5-7-9-18-13-11-17(2)12-14-18/h11-16H,3-10H2,1-2H3. The van der Waals surface area contributed by atoms with Gasteiger partial charge in [-0.1, -0.05) is 49.1 Å². The number of carbonyl (C=O) groups excluding carboxylic acids is 1. The number of benzene rings is 2. The van der Waals surface area contributed by atoms with Gasteiger partial charge in [0.25, 0.3) is 0 Å². The minimum absolute atomic E-state index is 0.0332. The number of alkyl halides is 3. The molecule has 0 amide bonds. The Morgan fingerprint density at radius 2 is 1.57 bits per heavy atom. The van der Waals surface area contributed by atoms with Gasteiger partial charge in [0.1, 0.15) is 5.56 Å². The van der Waals surface area contributed by atoms with E-state index in [9.17, 15) is 22.4 Å². The van der Waals surface area contributed by atoms with E-state index in [4.69, 9.17) is 4.74 Å². The molecule has 2 aromatic carbocycles. The van der Waals surface area contributed by atoms with E-state index in [0.717, 1.165) is 44.2 Å². The highest BCUT2D eigenvalue weighted by molar-refractivity contribution is 5.97. The normalized spacial score (nSPS) is 11.5. The van der Waals surface area contributed by atoms with Gasteiger partial charge < -0.3 is 4.74 Å². The highest BCUT2D eigenvalue weighted by Gasteiger charge is 2.39. The summed E-state index contributed by atoms with van der Waals surface area (Å²) in [4.78, 5) is 12.3. The first kappa shape index (κ1) is 23.9. The zero-order chi connectivity index (χ0) is 22.1. The molecule has 0 bridgehead atoms. The fourth-order valence-corrected chi connectivity index (χ4v) is 3.37. The molecule has 0 aliphatic heterocycles. The van der Waals surface area contributed by atoms with E-state index in [1.165, 1.54) is 11.1 Å². The molecule has 6 heteroatoms. The van der Waals surface area contributed by atoms with E-state index < -0.39 is 34.7 Å². The van der Waals surface area contributed by atoms with Crippen LogP contribution in [-0.4, -0.2) is 12.4 Å². The van der Waals surface area contributed by atoms with Gasteiger partial charge >= 0.3 is 6.18 Å². The first-order valence-corrected chi connectivity index (χ1v) is 10.3. The molecule has 30 heavy (non-hydrogen) atoms. The number of hydrogen-bond donors (Lipinski definition) is 0. The lowest BCUT2D eigenvalue weighted by Crippen LogP contribution is -2.16. The third kappa shape index (κ3) is 6.85. The van der Waals surface area contributed by atoms with Gasteiger partial charge in [-0.3, -0.25) is 4.79 Å². The molecule has 0 radical (unpaired) electrons. The maximum absolute atomic E-state index is 14.3. The lowest BCUT2D eigenvalue weighted by Gasteiger charge is -2.15. The number of carbonyl (C=O) groups is 1. The number of halogens is 4. The number of hydrogen-bond acceptors (Lipinski definition) is 2. The maximum atomic E-state index is 14.3. The zero-order valence-corrected chi connectivity index (χ0v) is 17.4. The predicted molar refractivity (Wildman–Crippen MR) is 109 cm³/mol. The van der Waals surface area contributed by atoms with Gasteiger partial charge in [-0.05, 0) is 50.8 Å². The Balaban J connectivity index is 1.83. The lowest BCUT2D eigenvalue weighted by atomic mass is 9.97. The number of unbranched alkanes of at least 4 members (excludes halogenated alkanes) is 4. The molecule has 164 valence electrons. The van der Waals surface area contributed by atoms with Crippen LogP contribution < -0.4 is 4.74 Å². The molecule has 0 fully saturated rings. The molecule has 0 heterocycles. The summed E-state index contributed by atoms with van der Waals surface area (Å²) in [6, 6.07) is 10.5. The van der Waals surface area contributed by atoms with Gasteiger partial charge in [0.05, 0.1) is 6.61 Å². The summed E-state index contributed by atoms with van der Waals surface area (Å²) < 4.78 is 59.2. The van der Waals surface area contributed by atoms with Crippen LogP contribution in [0.2, 0.25) is 0 Å². The molecule has 2 rings (SSSR count). The molecule has 0 spiro atoms. The molecule has 0 atom stereocenters. The lowest BCUT2D eigenvalue weighted by molar-refractivity contribution is -0.140. The summed E-state index contributed by atoms with van der Waals surface area (Å²) in [6.45, 7) is 3.63. The third-order valence-electron chi connectivity index (χ3n) is 4.98. The molecule has 0 aliphatic carbocycles. The van der Waals surface area contributed by atoms with E-state index in [2.05, 4.69) is 24.3 Å². The fraction of sp³-hybridized carbons (Fsp3) is 0.458. The van der Waals surface area contributed by atoms with Crippen molar-refractivity contribution in [3.8, 4) is 5.75 Å². The first-order chi connectivity index (χ1) is 14.2. The van der Waals surface area contributed by atoms with Crippen molar-refractivity contribution >= 4 is 5.78 Å². The van der Waals surface area contributed by atoms with Crippen LogP contribution in [0.5, 0.6) is 5.75 Å². The van der Waals surface area contributed by atoms with Crippen molar-refractivity contribution in [2.45, 2.75) is 65.0 Å². The van der Waals surface area contributed by atoms with Crippen LogP contribution in [0.3, 0.4) is 0 Å². The van der Waals surface area contributed by atoms with E-state index in [1.807, 2.05) is 6.92 Å². The van der Waals surface area contributed by atoms with Gasteiger partial charge in [0, 0.05) is 12.0 Å². The van der Waals surface area contributed by atoms with E-state index in [-0.39, 0.29) is 13.0 Å². The van der Waals surface area contributed by atoms with Gasteiger partial charge in [0.2, 0.25) is 0 Å². The Morgan fingerprint density at radius 1 is 0.933 bits per heavy atom. The van der Waals surface area contributed by atoms with Gasteiger partial charge in [-0.15, -0.1) is 0 Å². The van der Waals surface area contributed by atoms with E-state index in [0.29, 0.717) is 6.42 Å². The van der Waals surface area contributed by atoms with Crippen molar-refractivity contribution in [2.24, 2.45) is 0 Å². The second-order valence-electron chi connectivity index (χ2n) is 7.41. The van der Waals surface area contributed by atoms with Crippen molar-refractivity contribution in [1.29, 1.82) is 0 Å². The van der Waals surface area contributed by atoms with Crippen molar-refractivity contribution < 1.29 is 27.1 Å². The van der Waals surface area contributed by atoms with Crippen LogP contribution in [0.15, 0.2) is 36.4 Å². The second-order valence-corrected chi connectivity index (χ2v) is 7.41. The Morgan fingerprint density at radius 3 is 2.20 bits per heavy atom. The van der Waals surface area contributed by atoms with Gasteiger partial charge in [-0.25, -0.2) is 4.39 Å². The largest absolute Gasteiger partial charge is 0.491 e. The highest BCUT2D eigenvalue weighted by Crippen LogP contribution is 2.38. The van der Waals surface area contributed by atoms with Crippen LogP contribution in [-0.2, 0) is 12.6 Å². The highest BCUT2D eigenvalue weighted by atomic mass is 19.4. The maximum Gasteiger partial charge on any atom is 0.420 e. The second kappa shape index (κ2) is 11.1. The quantitative estimate of drug-likeness (QED) is 0.215. The first-order valence-electron chi connectivity index (χ1n) is 10.3. The summed E-state index contributed by atoms with van der Waals surface area (Å²) >= 11 is 0. The average Bonchev–Trinajstić information content (AvgIpc) is 2.69. The molecule has 0 unspecified atom stereocenters. The Kier molecular flexibility index (Phi) is 8.88. The molecular formula is C24H28F4O2. The molecule has 2 nitrogen and oxygen atoms in total. The molecular weight excluding hydrogens is 396 g/mol. The van der Waals surface area contributed by atoms with Crippen molar-refractivity contribution in [3.63, 3.8) is 0 Å². The number of Topliss-reactive ketones (excluding diaryl/α,β-unsaturated/α-hetero) is 1. The van der Waals surface area contributed by atoms with Crippen LogP contribution in [0, 0.1) is 12.7 Å². The minimum Gasteiger partial charge on any atom is -0.491 e. The monoisotopic (exact) mass is 424 g/mol. The molecule has 0 N–H and O–H groups in total. The molecule has 0 saturated heterocycles. The van der Waals surface area contributed by atoms with Crippen molar-refractivity contribution in [1.82, 2.24) is 0 Å². The molecule has 0 aliphatic rings. The smallest absolute Gasteiger partial charge is 0.420 e. The number of aryl methyl sites for hydroxylation is 2. The SMILES string of the molecule is CCOc1ccc(C(=O)CCCCCCCc2ccc(C)cc2)c(C(F)(F)F)c1F. The van der Waals surface area contributed by atoms with Crippen molar-refractivity contribution in [2.75, 3.05) is 6.61 Å². The summed E-state index contributed by atoms with van der Waals surface area (Å²) in [5.74, 6) is -2.70. The van der Waals surface area contributed by atoms with Crippen LogP contribution in [0.1, 0.15) is 72.5 Å². The Labute approximate surface area is 175 Å². The van der Waals surface area contributed by atoms with E-state index in [1.54, 1.807) is 6.92 Å². The Hall–Kier alpha value is -2.37. The predicted octanol–water partition coefficient (Wildman–Crippen LogP) is 7.32. The van der Waals surface area contributed by atoms with Crippen LogP contribution in [0.25, 0.3) is 0 Å². The topological polar surface area (TPSA) is 26.3 Å².